The molecule has 1 unspecified atom stereocenters. The topological polar surface area (TPSA) is 29.1 Å². The maximum Gasteiger partial charge on any atom is 0.0973 e. The van der Waals surface area contributed by atoms with Gasteiger partial charge in [-0.25, -0.2) is 8.93 Å². The van der Waals surface area contributed by atoms with Crippen molar-refractivity contribution in [3.05, 3.63) is 12.2 Å². The third-order valence-corrected chi connectivity index (χ3v) is 3.31. The normalized spacial score (nSPS) is 15.1. The Morgan fingerprint density at radius 2 is 1.67 bits per heavy atom. The molecule has 0 fully saturated rings. The number of hydrogen-bond acceptors (Lipinski definition) is 1. The molecule has 0 aromatic carbocycles. The van der Waals surface area contributed by atoms with Crippen LogP contribution in [0.2, 0.25) is 0 Å². The average molecular weight is 231 g/mol. The molecule has 0 aliphatic rings. The zero-order valence-corrected chi connectivity index (χ0v) is 11.8. The van der Waals surface area contributed by atoms with Gasteiger partial charge < -0.3 is 0 Å². The Hall–Kier alpha value is -0.150. The van der Waals surface area contributed by atoms with Crippen molar-refractivity contribution >= 4 is 11.0 Å². The van der Waals surface area contributed by atoms with E-state index in [1.807, 2.05) is 20.8 Å². The van der Waals surface area contributed by atoms with Gasteiger partial charge in [0.2, 0.25) is 0 Å². The Morgan fingerprint density at radius 1 is 1.20 bits per heavy atom. The molecular formula is C12H25NOS. The molecule has 1 atom stereocenters. The first-order valence-electron chi connectivity index (χ1n) is 5.34. The Balaban J connectivity index is 3.98. The van der Waals surface area contributed by atoms with Gasteiger partial charge in [-0.3, -0.25) is 0 Å². The van der Waals surface area contributed by atoms with Gasteiger partial charge in [-0.2, -0.15) is 0 Å². The number of nitrogens with one attached hydrogen (secondary N) is 1. The van der Waals surface area contributed by atoms with Gasteiger partial charge in [0.1, 0.15) is 0 Å². The summed E-state index contributed by atoms with van der Waals surface area (Å²) in [7, 11) is -0.997. The van der Waals surface area contributed by atoms with Crippen LogP contribution in [0.5, 0.6) is 0 Å². The van der Waals surface area contributed by atoms with Crippen LogP contribution in [0.3, 0.4) is 0 Å². The summed E-state index contributed by atoms with van der Waals surface area (Å²) in [6, 6.07) is 0. The predicted molar refractivity (Wildman–Crippen MR) is 69.1 cm³/mol. The lowest BCUT2D eigenvalue weighted by molar-refractivity contribution is 0.407. The Bertz CT molecular complexity index is 245. The minimum absolute atomic E-state index is 0.206. The molecule has 0 amide bonds. The predicted octanol–water partition coefficient (Wildman–Crippen LogP) is 3.03. The lowest BCUT2D eigenvalue weighted by atomic mass is 9.88. The first-order valence-corrected chi connectivity index (χ1v) is 6.49. The zero-order valence-electron chi connectivity index (χ0n) is 10.9. The Kier molecular flexibility index (Phi) is 5.21. The molecule has 0 bridgehead atoms. The van der Waals surface area contributed by atoms with Crippen molar-refractivity contribution in [2.45, 2.75) is 52.7 Å². The van der Waals surface area contributed by atoms with Crippen molar-refractivity contribution in [1.82, 2.24) is 4.72 Å². The third-order valence-electron chi connectivity index (χ3n) is 1.79. The van der Waals surface area contributed by atoms with Gasteiger partial charge in [0.25, 0.3) is 0 Å². The molecule has 0 heterocycles. The highest BCUT2D eigenvalue weighted by molar-refractivity contribution is 7.84. The fraction of sp³-hybridized carbons (Fsp3) is 0.833. The Morgan fingerprint density at radius 3 is 2.00 bits per heavy atom. The molecule has 2 nitrogen and oxygen atoms in total. The van der Waals surface area contributed by atoms with E-state index in [0.29, 0.717) is 6.54 Å². The highest BCUT2D eigenvalue weighted by atomic mass is 32.2. The maximum absolute atomic E-state index is 11.7. The lowest BCUT2D eigenvalue weighted by Gasteiger charge is -2.22. The van der Waals surface area contributed by atoms with E-state index < -0.39 is 11.0 Å². The van der Waals surface area contributed by atoms with E-state index in [2.05, 4.69) is 32.1 Å². The third kappa shape index (κ3) is 7.74. The minimum atomic E-state index is -0.997. The van der Waals surface area contributed by atoms with Crippen LogP contribution >= 0.6 is 0 Å². The molecule has 0 spiro atoms. The first kappa shape index (κ1) is 14.8. The van der Waals surface area contributed by atoms with Crippen LogP contribution in [0.4, 0.5) is 0 Å². The largest absolute Gasteiger partial charge is 0.242 e. The fourth-order valence-electron chi connectivity index (χ4n) is 1.20. The van der Waals surface area contributed by atoms with Crippen LogP contribution in [0, 0.1) is 5.41 Å². The van der Waals surface area contributed by atoms with Gasteiger partial charge in [-0.05, 0) is 32.6 Å². The zero-order chi connectivity index (χ0) is 12.3. The summed E-state index contributed by atoms with van der Waals surface area (Å²) in [6.07, 6.45) is 0.960. The second kappa shape index (κ2) is 5.26. The highest BCUT2D eigenvalue weighted by Gasteiger charge is 2.19. The molecule has 1 N–H and O–H groups in total. The Labute approximate surface area is 97.1 Å². The van der Waals surface area contributed by atoms with Crippen LogP contribution in [0.25, 0.3) is 0 Å². The van der Waals surface area contributed by atoms with Crippen LogP contribution in [0.1, 0.15) is 48.0 Å². The second-order valence-electron chi connectivity index (χ2n) is 6.19. The molecule has 15 heavy (non-hydrogen) atoms. The van der Waals surface area contributed by atoms with Crippen molar-refractivity contribution in [3.8, 4) is 0 Å². The van der Waals surface area contributed by atoms with E-state index >= 15 is 0 Å². The molecule has 0 aromatic rings. The van der Waals surface area contributed by atoms with Crippen LogP contribution in [-0.4, -0.2) is 15.5 Å². The second-order valence-corrected chi connectivity index (χ2v) is 8.24. The smallest absolute Gasteiger partial charge is 0.0973 e. The van der Waals surface area contributed by atoms with Gasteiger partial charge in [0.05, 0.1) is 15.7 Å². The van der Waals surface area contributed by atoms with Gasteiger partial charge in [0.15, 0.2) is 0 Å². The van der Waals surface area contributed by atoms with Gasteiger partial charge in [-0.15, -0.1) is 0 Å². The summed E-state index contributed by atoms with van der Waals surface area (Å²) in [6.45, 7) is 17.1. The van der Waals surface area contributed by atoms with Crippen molar-refractivity contribution in [2.24, 2.45) is 5.41 Å². The summed E-state index contributed by atoms with van der Waals surface area (Å²) < 4.78 is 14.5. The molecule has 0 saturated carbocycles. The molecule has 0 radical (unpaired) electrons. The SMILES string of the molecule is C=C(CNS(=O)C(C)(C)C)CC(C)(C)C. The van der Waals surface area contributed by atoms with Crippen LogP contribution in [-0.2, 0) is 11.0 Å². The van der Waals surface area contributed by atoms with E-state index in [-0.39, 0.29) is 10.2 Å². The molecule has 0 rings (SSSR count). The van der Waals surface area contributed by atoms with Crippen molar-refractivity contribution in [1.29, 1.82) is 0 Å². The number of rotatable bonds is 4. The van der Waals surface area contributed by atoms with Crippen molar-refractivity contribution < 1.29 is 4.21 Å². The monoisotopic (exact) mass is 231 g/mol. The molecule has 3 heteroatoms. The molecule has 0 aromatic heterocycles. The van der Waals surface area contributed by atoms with Gasteiger partial charge >= 0.3 is 0 Å². The van der Waals surface area contributed by atoms with E-state index in [4.69, 9.17) is 0 Å². The van der Waals surface area contributed by atoms with Crippen LogP contribution in [0.15, 0.2) is 12.2 Å². The quantitative estimate of drug-likeness (QED) is 0.740. The molecule has 0 saturated heterocycles. The van der Waals surface area contributed by atoms with Gasteiger partial charge in [-0.1, -0.05) is 32.9 Å². The fourth-order valence-corrected chi connectivity index (χ4v) is 1.96. The standard InChI is InChI=1S/C12H25NOS/c1-10(8-11(2,3)4)9-13-15(14)12(5,6)7/h13H,1,8-9H2,2-7H3. The van der Waals surface area contributed by atoms with Crippen LogP contribution < -0.4 is 4.72 Å². The van der Waals surface area contributed by atoms with Gasteiger partial charge in [0, 0.05) is 6.54 Å². The number of hydrogen-bond donors (Lipinski definition) is 1. The summed E-state index contributed by atoms with van der Waals surface area (Å²) in [4.78, 5) is 0. The van der Waals surface area contributed by atoms with E-state index in [0.717, 1.165) is 12.0 Å². The molecular weight excluding hydrogens is 206 g/mol. The minimum Gasteiger partial charge on any atom is -0.242 e. The van der Waals surface area contributed by atoms with Crippen molar-refractivity contribution in [2.75, 3.05) is 6.54 Å². The lowest BCUT2D eigenvalue weighted by Crippen LogP contribution is -2.34. The van der Waals surface area contributed by atoms with E-state index in [1.165, 1.54) is 0 Å². The molecule has 0 aliphatic carbocycles. The molecule has 90 valence electrons. The van der Waals surface area contributed by atoms with E-state index in [1.54, 1.807) is 0 Å². The summed E-state index contributed by atoms with van der Waals surface area (Å²) >= 11 is 0. The average Bonchev–Trinajstić information content (AvgIpc) is 1.94. The van der Waals surface area contributed by atoms with E-state index in [9.17, 15) is 4.21 Å². The first-order chi connectivity index (χ1) is 6.52. The highest BCUT2D eigenvalue weighted by Crippen LogP contribution is 2.22. The molecule has 0 aliphatic heterocycles. The maximum atomic E-state index is 11.7. The van der Waals surface area contributed by atoms with Crippen molar-refractivity contribution in [3.63, 3.8) is 0 Å². The summed E-state index contributed by atoms with van der Waals surface area (Å²) in [5, 5.41) is 0. The summed E-state index contributed by atoms with van der Waals surface area (Å²) in [5.41, 5.74) is 1.36. The summed E-state index contributed by atoms with van der Waals surface area (Å²) in [5.74, 6) is 0.